The molecule has 0 N–H and O–H groups in total. The normalized spacial score (nSPS) is 10.8. The summed E-state index contributed by atoms with van der Waals surface area (Å²) in [4.78, 5) is 15.3. The maximum absolute atomic E-state index is 5.16. The molecule has 0 aliphatic carbocycles. The molecular formula is C43H63Cl3FeN3. The summed E-state index contributed by atoms with van der Waals surface area (Å²) in [6.45, 7) is 13.7. The maximum Gasteiger partial charge on any atom is 3.00 e. The molecule has 0 fully saturated rings. The molecule has 3 nitrogen and oxygen atoms in total. The standard InChI is InChI=1S/C43H63N3.3ClH.Fe/c1-7-13-20-34-28-36(22-15-9-3)42(37(29-34)23-16-10-4)44-32-40-26-19-27-41(46-40)33-45-43-38(24-17-11-5)30-35(21-14-8-2)31-39(43)25-18-12-6;;;;/h19,26-33H,7-18,20-25H2,1-6H3;3*1H;/q;;;;+3/p-3. The summed E-state index contributed by atoms with van der Waals surface area (Å²) in [7, 11) is 0. The van der Waals surface area contributed by atoms with Crippen LogP contribution in [0.1, 0.15) is 163 Å². The van der Waals surface area contributed by atoms with Crippen molar-refractivity contribution in [2.45, 2.75) is 157 Å². The van der Waals surface area contributed by atoms with Gasteiger partial charge in [0.25, 0.3) is 0 Å². The molecule has 0 saturated heterocycles. The number of pyridine rings is 1. The first kappa shape index (κ1) is 50.4. The van der Waals surface area contributed by atoms with Crippen LogP contribution in [0.25, 0.3) is 0 Å². The van der Waals surface area contributed by atoms with Crippen LogP contribution in [0.5, 0.6) is 0 Å². The van der Waals surface area contributed by atoms with Crippen LogP contribution in [0.2, 0.25) is 0 Å². The minimum atomic E-state index is 0. The van der Waals surface area contributed by atoms with E-state index in [0.29, 0.717) is 0 Å². The van der Waals surface area contributed by atoms with Gasteiger partial charge in [0.1, 0.15) is 0 Å². The van der Waals surface area contributed by atoms with Crippen molar-refractivity contribution in [3.05, 3.63) is 87.2 Å². The van der Waals surface area contributed by atoms with Gasteiger partial charge in [0.05, 0.1) is 35.2 Å². The topological polar surface area (TPSA) is 37.6 Å². The van der Waals surface area contributed by atoms with Gasteiger partial charge in [-0.05, 0) is 123 Å². The monoisotopic (exact) mass is 782 g/mol. The third-order valence-corrected chi connectivity index (χ3v) is 8.94. The molecule has 7 heteroatoms. The Labute approximate surface area is 335 Å². The van der Waals surface area contributed by atoms with Crippen molar-refractivity contribution in [1.29, 1.82) is 0 Å². The SMILES string of the molecule is CCCCc1cc(CCCC)c(N=Cc2cccc(C=Nc3c(CCCC)cc(CCCC)cc3CCCC)n2)c(CCCC)c1.[Cl-].[Cl-].[Cl-].[Fe+3]. The van der Waals surface area contributed by atoms with Gasteiger partial charge in [0.2, 0.25) is 0 Å². The second kappa shape index (κ2) is 29.8. The first-order valence-corrected chi connectivity index (χ1v) is 18.9. The summed E-state index contributed by atoms with van der Waals surface area (Å²) in [6, 6.07) is 16.0. The number of hydrogen-bond donors (Lipinski definition) is 0. The minimum absolute atomic E-state index is 0. The number of rotatable bonds is 22. The molecule has 0 amide bonds. The fourth-order valence-corrected chi connectivity index (χ4v) is 6.15. The Balaban J connectivity index is 0. The number of aryl methyl sites for hydroxylation is 6. The third kappa shape index (κ3) is 17.2. The Morgan fingerprint density at radius 3 is 1.02 bits per heavy atom. The average molecular weight is 784 g/mol. The quantitative estimate of drug-likeness (QED) is 0.113. The summed E-state index contributed by atoms with van der Waals surface area (Å²) in [5.41, 5.74) is 12.7. The molecule has 0 unspecified atom stereocenters. The minimum Gasteiger partial charge on any atom is -1.00 e. The first-order valence-electron chi connectivity index (χ1n) is 18.9. The largest absolute Gasteiger partial charge is 3.00 e. The van der Waals surface area contributed by atoms with Crippen LogP contribution >= 0.6 is 0 Å². The van der Waals surface area contributed by atoms with Crippen LogP contribution in [0.15, 0.2) is 52.4 Å². The van der Waals surface area contributed by atoms with Gasteiger partial charge in [-0.3, -0.25) is 9.98 Å². The zero-order chi connectivity index (χ0) is 33.0. The molecule has 0 aliphatic rings. The van der Waals surface area contributed by atoms with Crippen molar-refractivity contribution in [3.8, 4) is 0 Å². The van der Waals surface area contributed by atoms with Gasteiger partial charge in [-0.15, -0.1) is 0 Å². The number of nitrogens with zero attached hydrogens (tertiary/aromatic N) is 3. The molecule has 1 heterocycles. The molecule has 0 saturated carbocycles. The van der Waals surface area contributed by atoms with Crippen LogP contribution in [0.4, 0.5) is 11.4 Å². The summed E-state index contributed by atoms with van der Waals surface area (Å²) >= 11 is 0. The summed E-state index contributed by atoms with van der Waals surface area (Å²) in [5, 5.41) is 0. The van der Waals surface area contributed by atoms with Gasteiger partial charge in [0, 0.05) is 0 Å². The Hall–Kier alpha value is -1.68. The molecule has 0 spiro atoms. The Bertz CT molecular complexity index is 1230. The summed E-state index contributed by atoms with van der Waals surface area (Å²) < 4.78 is 0. The summed E-state index contributed by atoms with van der Waals surface area (Å²) in [5.74, 6) is 0. The average Bonchev–Trinajstić information content (AvgIpc) is 3.08. The third-order valence-electron chi connectivity index (χ3n) is 8.94. The summed E-state index contributed by atoms with van der Waals surface area (Å²) in [6.07, 6.45) is 25.1. The van der Waals surface area contributed by atoms with E-state index in [1.54, 1.807) is 0 Å². The fourth-order valence-electron chi connectivity index (χ4n) is 6.15. The number of aliphatic imine (C=N–C) groups is 2. The van der Waals surface area contributed by atoms with Crippen molar-refractivity contribution in [1.82, 2.24) is 4.98 Å². The number of aromatic nitrogens is 1. The van der Waals surface area contributed by atoms with Gasteiger partial charge in [-0.25, -0.2) is 4.98 Å². The van der Waals surface area contributed by atoms with E-state index in [9.17, 15) is 0 Å². The Kier molecular flexibility index (Phi) is 30.1. The van der Waals surface area contributed by atoms with Crippen molar-refractivity contribution in [3.63, 3.8) is 0 Å². The van der Waals surface area contributed by atoms with E-state index < -0.39 is 0 Å². The van der Waals surface area contributed by atoms with Gasteiger partial charge in [-0.1, -0.05) is 110 Å². The van der Waals surface area contributed by atoms with Gasteiger partial charge in [-0.2, -0.15) is 0 Å². The molecule has 0 aliphatic heterocycles. The number of unbranched alkanes of at least 4 members (excludes halogenated alkanes) is 6. The molecular weight excluding hydrogens is 721 g/mol. The van der Waals surface area contributed by atoms with E-state index in [0.717, 1.165) is 49.9 Å². The zero-order valence-electron chi connectivity index (χ0n) is 31.8. The van der Waals surface area contributed by atoms with E-state index in [1.807, 2.05) is 12.4 Å². The van der Waals surface area contributed by atoms with Crippen molar-refractivity contribution >= 4 is 23.8 Å². The second-order valence-electron chi connectivity index (χ2n) is 13.2. The number of halogens is 3. The maximum atomic E-state index is 5.16. The van der Waals surface area contributed by atoms with Gasteiger partial charge >= 0.3 is 17.1 Å². The van der Waals surface area contributed by atoms with Crippen molar-refractivity contribution in [2.75, 3.05) is 0 Å². The van der Waals surface area contributed by atoms with E-state index in [4.69, 9.17) is 15.0 Å². The molecule has 1 aromatic heterocycles. The fraction of sp³-hybridized carbons (Fsp3) is 0.558. The second-order valence-corrected chi connectivity index (χ2v) is 13.2. The van der Waals surface area contributed by atoms with E-state index >= 15 is 0 Å². The van der Waals surface area contributed by atoms with E-state index in [-0.39, 0.29) is 54.3 Å². The molecule has 279 valence electrons. The number of benzene rings is 2. The van der Waals surface area contributed by atoms with Crippen LogP contribution in [-0.2, 0) is 55.6 Å². The predicted octanol–water partition coefficient (Wildman–Crippen LogP) is 3.65. The van der Waals surface area contributed by atoms with Crippen molar-refractivity contribution in [2.24, 2.45) is 9.98 Å². The van der Waals surface area contributed by atoms with Crippen LogP contribution in [0.3, 0.4) is 0 Å². The predicted molar refractivity (Wildman–Crippen MR) is 203 cm³/mol. The van der Waals surface area contributed by atoms with Crippen molar-refractivity contribution < 1.29 is 54.3 Å². The molecule has 0 atom stereocenters. The van der Waals surface area contributed by atoms with Crippen LogP contribution in [0, 0.1) is 0 Å². The molecule has 3 aromatic rings. The molecule has 50 heavy (non-hydrogen) atoms. The van der Waals surface area contributed by atoms with E-state index in [2.05, 4.69) is 84.0 Å². The van der Waals surface area contributed by atoms with Gasteiger partial charge in [0.15, 0.2) is 0 Å². The Morgan fingerprint density at radius 1 is 0.460 bits per heavy atom. The molecule has 1 radical (unpaired) electrons. The Morgan fingerprint density at radius 2 is 0.740 bits per heavy atom. The van der Waals surface area contributed by atoms with Crippen LogP contribution < -0.4 is 37.2 Å². The number of hydrogen-bond acceptors (Lipinski definition) is 3. The smallest absolute Gasteiger partial charge is 1.00 e. The first-order chi connectivity index (χ1) is 22.6. The van der Waals surface area contributed by atoms with Gasteiger partial charge < -0.3 is 37.2 Å². The van der Waals surface area contributed by atoms with E-state index in [1.165, 1.54) is 122 Å². The zero-order valence-corrected chi connectivity index (χ0v) is 35.1. The van der Waals surface area contributed by atoms with Crippen LogP contribution in [-0.4, -0.2) is 17.4 Å². The molecule has 3 rings (SSSR count). The molecule has 2 aromatic carbocycles. The molecule has 0 bridgehead atoms.